The number of aryl methyl sites for hydroxylation is 1. The van der Waals surface area contributed by atoms with Gasteiger partial charge in [0.15, 0.2) is 0 Å². The van der Waals surface area contributed by atoms with E-state index in [0.717, 1.165) is 35.9 Å². The van der Waals surface area contributed by atoms with E-state index in [1.807, 2.05) is 31.2 Å². The summed E-state index contributed by atoms with van der Waals surface area (Å²) in [7, 11) is 0. The van der Waals surface area contributed by atoms with Crippen LogP contribution in [0.1, 0.15) is 87.5 Å². The average Bonchev–Trinajstić information content (AvgIpc) is 3.05. The third kappa shape index (κ3) is 4.48. The standard InChI is InChI=1S/C28H36O2/c1-3-21-10-4-5-12-23(18-21)26-17-16-22-11-6-7-14-25(22)28(26)30-27-15-9-8-13-24(27)20(2)19-29/h6-9,11,13-15,19-21,23,26,28H,3-5,10,12,16-18H2,1-2H3. The fourth-order valence-corrected chi connectivity index (χ4v) is 5.81. The summed E-state index contributed by atoms with van der Waals surface area (Å²) in [4.78, 5) is 11.5. The molecule has 0 bridgehead atoms. The molecule has 160 valence electrons. The molecule has 2 heteroatoms. The highest BCUT2D eigenvalue weighted by atomic mass is 16.5. The molecule has 5 atom stereocenters. The summed E-state index contributed by atoms with van der Waals surface area (Å²) in [5, 5.41) is 0. The van der Waals surface area contributed by atoms with E-state index in [0.29, 0.717) is 5.92 Å². The van der Waals surface area contributed by atoms with Gasteiger partial charge >= 0.3 is 0 Å². The Bertz CT molecular complexity index is 842. The van der Waals surface area contributed by atoms with Gasteiger partial charge in [-0.3, -0.25) is 0 Å². The summed E-state index contributed by atoms with van der Waals surface area (Å²) in [6, 6.07) is 17.0. The molecule has 1 saturated carbocycles. The van der Waals surface area contributed by atoms with E-state index in [-0.39, 0.29) is 12.0 Å². The molecule has 1 fully saturated rings. The molecule has 2 nitrogen and oxygen atoms in total. The predicted octanol–water partition coefficient (Wildman–Crippen LogP) is 7.28. The average molecular weight is 405 g/mol. The second kappa shape index (κ2) is 9.81. The molecule has 2 aliphatic rings. The number of para-hydroxylation sites is 1. The molecular formula is C28H36O2. The lowest BCUT2D eigenvalue weighted by atomic mass is 9.71. The first-order chi connectivity index (χ1) is 14.7. The molecule has 0 N–H and O–H groups in total. The van der Waals surface area contributed by atoms with Crippen molar-refractivity contribution in [2.75, 3.05) is 0 Å². The highest BCUT2D eigenvalue weighted by molar-refractivity contribution is 5.63. The van der Waals surface area contributed by atoms with Crippen molar-refractivity contribution in [3.63, 3.8) is 0 Å². The van der Waals surface area contributed by atoms with Gasteiger partial charge in [0, 0.05) is 17.4 Å². The van der Waals surface area contributed by atoms with Gasteiger partial charge in [-0.1, -0.05) is 88.4 Å². The number of carbonyl (C=O) groups is 1. The van der Waals surface area contributed by atoms with E-state index in [1.54, 1.807) is 0 Å². The maximum absolute atomic E-state index is 11.5. The lowest BCUT2D eigenvalue weighted by Gasteiger charge is -2.39. The van der Waals surface area contributed by atoms with Gasteiger partial charge < -0.3 is 9.53 Å². The molecule has 0 amide bonds. The molecule has 0 aromatic heterocycles. The molecule has 2 aromatic carbocycles. The van der Waals surface area contributed by atoms with E-state index in [4.69, 9.17) is 4.74 Å². The van der Waals surface area contributed by atoms with Crippen LogP contribution in [0.2, 0.25) is 0 Å². The maximum Gasteiger partial charge on any atom is 0.127 e. The number of fused-ring (bicyclic) bond motifs is 1. The van der Waals surface area contributed by atoms with E-state index in [1.165, 1.54) is 56.1 Å². The van der Waals surface area contributed by atoms with Crippen LogP contribution in [0.15, 0.2) is 48.5 Å². The van der Waals surface area contributed by atoms with Gasteiger partial charge in [0.25, 0.3) is 0 Å². The van der Waals surface area contributed by atoms with E-state index in [2.05, 4.69) is 31.2 Å². The first-order valence-electron chi connectivity index (χ1n) is 12.0. The van der Waals surface area contributed by atoms with Crippen molar-refractivity contribution in [2.45, 2.75) is 77.2 Å². The van der Waals surface area contributed by atoms with Crippen LogP contribution in [0.25, 0.3) is 0 Å². The summed E-state index contributed by atoms with van der Waals surface area (Å²) < 4.78 is 6.85. The van der Waals surface area contributed by atoms with Crippen LogP contribution in [0.4, 0.5) is 0 Å². The van der Waals surface area contributed by atoms with Crippen LogP contribution < -0.4 is 4.74 Å². The summed E-state index contributed by atoms with van der Waals surface area (Å²) in [6.45, 7) is 4.31. The van der Waals surface area contributed by atoms with Crippen LogP contribution >= 0.6 is 0 Å². The molecule has 0 aliphatic heterocycles. The normalized spacial score (nSPS) is 27.5. The fraction of sp³-hybridized carbons (Fsp3) is 0.536. The lowest BCUT2D eigenvalue weighted by molar-refractivity contribution is -0.108. The van der Waals surface area contributed by atoms with Crippen LogP contribution in [-0.4, -0.2) is 6.29 Å². The van der Waals surface area contributed by atoms with Gasteiger partial charge in [-0.05, 0) is 48.3 Å². The Morgan fingerprint density at radius 3 is 2.63 bits per heavy atom. The van der Waals surface area contributed by atoms with Crippen LogP contribution in [0, 0.1) is 17.8 Å². The highest BCUT2D eigenvalue weighted by Crippen LogP contribution is 2.47. The summed E-state index contributed by atoms with van der Waals surface area (Å²) in [6.07, 6.45) is 11.5. The summed E-state index contributed by atoms with van der Waals surface area (Å²) >= 11 is 0. The van der Waals surface area contributed by atoms with Crippen molar-refractivity contribution < 1.29 is 9.53 Å². The SMILES string of the molecule is CCC1CCCCC(C2CCc3ccccc3C2Oc2ccccc2C(C)C=O)C1. The van der Waals surface area contributed by atoms with Gasteiger partial charge in [0.1, 0.15) is 18.1 Å². The molecule has 2 aromatic rings. The lowest BCUT2D eigenvalue weighted by Crippen LogP contribution is -2.32. The Balaban J connectivity index is 1.68. The number of carbonyl (C=O) groups excluding carboxylic acids is 1. The Hall–Kier alpha value is -2.09. The van der Waals surface area contributed by atoms with E-state index < -0.39 is 0 Å². The van der Waals surface area contributed by atoms with Gasteiger partial charge in [0.2, 0.25) is 0 Å². The Morgan fingerprint density at radius 1 is 1.03 bits per heavy atom. The van der Waals surface area contributed by atoms with Crippen LogP contribution in [0.5, 0.6) is 5.75 Å². The topological polar surface area (TPSA) is 26.3 Å². The molecule has 0 saturated heterocycles. The van der Waals surface area contributed by atoms with Gasteiger partial charge in [-0.25, -0.2) is 0 Å². The smallest absolute Gasteiger partial charge is 0.127 e. The minimum atomic E-state index is -0.152. The monoisotopic (exact) mass is 404 g/mol. The van der Waals surface area contributed by atoms with Crippen LogP contribution in [-0.2, 0) is 11.2 Å². The third-order valence-electron chi connectivity index (χ3n) is 7.62. The van der Waals surface area contributed by atoms with E-state index >= 15 is 0 Å². The zero-order valence-electron chi connectivity index (χ0n) is 18.6. The van der Waals surface area contributed by atoms with Crippen molar-refractivity contribution in [3.8, 4) is 5.75 Å². The van der Waals surface area contributed by atoms with Crippen LogP contribution in [0.3, 0.4) is 0 Å². The number of ether oxygens (including phenoxy) is 1. The van der Waals surface area contributed by atoms with Gasteiger partial charge in [0.05, 0.1) is 0 Å². The Kier molecular flexibility index (Phi) is 6.92. The molecule has 0 heterocycles. The molecule has 2 aliphatic carbocycles. The maximum atomic E-state index is 11.5. The largest absolute Gasteiger partial charge is 0.485 e. The number of rotatable bonds is 6. The molecule has 5 unspecified atom stereocenters. The first kappa shape index (κ1) is 21.2. The number of hydrogen-bond donors (Lipinski definition) is 0. The zero-order valence-corrected chi connectivity index (χ0v) is 18.6. The molecular weight excluding hydrogens is 368 g/mol. The third-order valence-corrected chi connectivity index (χ3v) is 7.62. The zero-order chi connectivity index (χ0) is 20.9. The molecule has 0 radical (unpaired) electrons. The summed E-state index contributed by atoms with van der Waals surface area (Å²) in [5.74, 6) is 2.86. The van der Waals surface area contributed by atoms with Crippen molar-refractivity contribution in [2.24, 2.45) is 17.8 Å². The second-order valence-electron chi connectivity index (χ2n) is 9.46. The van der Waals surface area contributed by atoms with E-state index in [9.17, 15) is 4.79 Å². The Morgan fingerprint density at radius 2 is 1.80 bits per heavy atom. The first-order valence-corrected chi connectivity index (χ1v) is 12.0. The highest BCUT2D eigenvalue weighted by Gasteiger charge is 2.38. The van der Waals surface area contributed by atoms with Crippen molar-refractivity contribution in [1.29, 1.82) is 0 Å². The minimum Gasteiger partial charge on any atom is -0.485 e. The quantitative estimate of drug-likeness (QED) is 0.373. The summed E-state index contributed by atoms with van der Waals surface area (Å²) in [5.41, 5.74) is 3.79. The predicted molar refractivity (Wildman–Crippen MR) is 123 cm³/mol. The number of benzene rings is 2. The minimum absolute atomic E-state index is 0.0792. The van der Waals surface area contributed by atoms with Crippen molar-refractivity contribution >= 4 is 6.29 Å². The number of hydrogen-bond acceptors (Lipinski definition) is 2. The molecule has 0 spiro atoms. The van der Waals surface area contributed by atoms with Crippen molar-refractivity contribution in [1.82, 2.24) is 0 Å². The number of aldehydes is 1. The fourth-order valence-electron chi connectivity index (χ4n) is 5.81. The molecule has 4 rings (SSSR count). The van der Waals surface area contributed by atoms with Gasteiger partial charge in [-0.2, -0.15) is 0 Å². The van der Waals surface area contributed by atoms with Gasteiger partial charge in [-0.15, -0.1) is 0 Å². The second-order valence-corrected chi connectivity index (χ2v) is 9.46. The van der Waals surface area contributed by atoms with Crippen molar-refractivity contribution in [3.05, 3.63) is 65.2 Å². The Labute approximate surface area is 182 Å². The molecule has 30 heavy (non-hydrogen) atoms.